The minimum Gasteiger partial charge on any atom is -0.507 e. The fraction of sp³-hybridized carbons (Fsp3) is 0.125. The Kier molecular flexibility index (Phi) is 5.38. The lowest BCUT2D eigenvalue weighted by molar-refractivity contribution is -0.127. The van der Waals surface area contributed by atoms with E-state index in [9.17, 15) is 9.90 Å². The van der Waals surface area contributed by atoms with Crippen molar-refractivity contribution in [2.24, 2.45) is 5.10 Å². The van der Waals surface area contributed by atoms with Gasteiger partial charge in [-0.25, -0.2) is 5.43 Å². The Hall–Kier alpha value is -2.53. The summed E-state index contributed by atoms with van der Waals surface area (Å²) in [6.45, 7) is 1.61. The predicted octanol–water partition coefficient (Wildman–Crippen LogP) is 2.96. The van der Waals surface area contributed by atoms with Crippen LogP contribution in [0.25, 0.3) is 0 Å². The maximum absolute atomic E-state index is 11.9. The van der Waals surface area contributed by atoms with E-state index in [0.717, 1.165) is 0 Å². The number of hydrazone groups is 1. The number of rotatable bonds is 5. The van der Waals surface area contributed by atoms with E-state index < -0.39 is 12.0 Å². The van der Waals surface area contributed by atoms with Crippen molar-refractivity contribution in [3.05, 3.63) is 59.1 Å². The number of ether oxygens (including phenoxy) is 1. The molecule has 2 rings (SSSR count). The van der Waals surface area contributed by atoms with E-state index in [1.165, 1.54) is 12.3 Å². The molecule has 5 nitrogen and oxygen atoms in total. The standard InChI is InChI=1S/C16H15ClN2O3/c1-11(22-14-8-6-13(17)7-9-14)16(21)19-18-10-12-4-2-3-5-15(12)20/h2-11,20H,1H3,(H,19,21)/b18-10+. The maximum atomic E-state index is 11.9. The highest BCUT2D eigenvalue weighted by Gasteiger charge is 2.13. The second kappa shape index (κ2) is 7.47. The van der Waals surface area contributed by atoms with Crippen LogP contribution in [-0.4, -0.2) is 23.3 Å². The first-order valence-corrected chi connectivity index (χ1v) is 6.97. The van der Waals surface area contributed by atoms with E-state index >= 15 is 0 Å². The summed E-state index contributed by atoms with van der Waals surface area (Å²) in [5, 5.41) is 14.0. The Balaban J connectivity index is 1.89. The Bertz CT molecular complexity index is 671. The summed E-state index contributed by atoms with van der Waals surface area (Å²) < 4.78 is 5.46. The van der Waals surface area contributed by atoms with Gasteiger partial charge in [-0.1, -0.05) is 23.7 Å². The lowest BCUT2D eigenvalue weighted by atomic mass is 10.2. The van der Waals surface area contributed by atoms with Crippen molar-refractivity contribution in [3.63, 3.8) is 0 Å². The molecule has 0 aliphatic rings. The molecule has 0 fully saturated rings. The van der Waals surface area contributed by atoms with Gasteiger partial charge in [-0.15, -0.1) is 0 Å². The number of carbonyl (C=O) groups is 1. The molecule has 1 atom stereocenters. The van der Waals surface area contributed by atoms with Gasteiger partial charge in [0.2, 0.25) is 0 Å². The molecular formula is C16H15ClN2O3. The van der Waals surface area contributed by atoms with Gasteiger partial charge < -0.3 is 9.84 Å². The van der Waals surface area contributed by atoms with Gasteiger partial charge >= 0.3 is 0 Å². The van der Waals surface area contributed by atoms with Crippen LogP contribution in [0, 0.1) is 0 Å². The summed E-state index contributed by atoms with van der Waals surface area (Å²) in [6.07, 6.45) is 0.644. The fourth-order valence-electron chi connectivity index (χ4n) is 1.62. The number of hydrogen-bond acceptors (Lipinski definition) is 4. The van der Waals surface area contributed by atoms with Gasteiger partial charge in [-0.2, -0.15) is 5.10 Å². The van der Waals surface area contributed by atoms with Crippen LogP contribution in [-0.2, 0) is 4.79 Å². The molecule has 2 aromatic rings. The molecular weight excluding hydrogens is 304 g/mol. The van der Waals surface area contributed by atoms with Gasteiger partial charge in [-0.05, 0) is 43.3 Å². The first-order valence-electron chi connectivity index (χ1n) is 6.59. The largest absolute Gasteiger partial charge is 0.507 e. The predicted molar refractivity (Wildman–Crippen MR) is 85.4 cm³/mol. The monoisotopic (exact) mass is 318 g/mol. The van der Waals surface area contributed by atoms with E-state index in [0.29, 0.717) is 16.3 Å². The third kappa shape index (κ3) is 4.49. The number of phenols is 1. The van der Waals surface area contributed by atoms with Crippen LogP contribution in [0.1, 0.15) is 12.5 Å². The van der Waals surface area contributed by atoms with Crippen molar-refractivity contribution in [2.45, 2.75) is 13.0 Å². The SMILES string of the molecule is CC(Oc1ccc(Cl)cc1)C(=O)N/N=C/c1ccccc1O. The number of phenolic OH excluding ortho intramolecular Hbond substituents is 1. The van der Waals surface area contributed by atoms with Gasteiger partial charge in [0, 0.05) is 10.6 Å². The highest BCUT2D eigenvalue weighted by molar-refractivity contribution is 6.30. The molecule has 0 aliphatic carbocycles. The Labute approximate surface area is 133 Å². The molecule has 0 radical (unpaired) electrons. The van der Waals surface area contributed by atoms with Crippen molar-refractivity contribution in [2.75, 3.05) is 0 Å². The number of hydrogen-bond donors (Lipinski definition) is 2. The van der Waals surface area contributed by atoms with E-state index in [1.54, 1.807) is 49.4 Å². The average Bonchev–Trinajstić information content (AvgIpc) is 2.51. The third-order valence-corrected chi connectivity index (χ3v) is 3.06. The highest BCUT2D eigenvalue weighted by atomic mass is 35.5. The van der Waals surface area contributed by atoms with Crippen molar-refractivity contribution in [1.29, 1.82) is 0 Å². The summed E-state index contributed by atoms with van der Waals surface area (Å²) >= 11 is 5.78. The molecule has 0 bridgehead atoms. The minimum absolute atomic E-state index is 0.0889. The molecule has 114 valence electrons. The second-order valence-electron chi connectivity index (χ2n) is 4.51. The molecule has 0 heterocycles. The zero-order valence-electron chi connectivity index (χ0n) is 11.9. The number of carbonyl (C=O) groups excluding carboxylic acids is 1. The second-order valence-corrected chi connectivity index (χ2v) is 4.94. The molecule has 2 aromatic carbocycles. The van der Waals surface area contributed by atoms with Crippen LogP contribution in [0.4, 0.5) is 0 Å². The van der Waals surface area contributed by atoms with Crippen molar-refractivity contribution in [1.82, 2.24) is 5.43 Å². The zero-order chi connectivity index (χ0) is 15.9. The molecule has 0 saturated carbocycles. The number of aromatic hydroxyl groups is 1. The number of halogens is 1. The number of para-hydroxylation sites is 1. The van der Waals surface area contributed by atoms with Crippen molar-refractivity contribution < 1.29 is 14.6 Å². The molecule has 22 heavy (non-hydrogen) atoms. The van der Waals surface area contributed by atoms with Crippen LogP contribution >= 0.6 is 11.6 Å². The number of nitrogens with zero attached hydrogens (tertiary/aromatic N) is 1. The highest BCUT2D eigenvalue weighted by Crippen LogP contribution is 2.16. The quantitative estimate of drug-likeness (QED) is 0.657. The number of amides is 1. The molecule has 0 aliphatic heterocycles. The van der Waals surface area contributed by atoms with Crippen LogP contribution < -0.4 is 10.2 Å². The molecule has 2 N–H and O–H groups in total. The van der Waals surface area contributed by atoms with Crippen LogP contribution in [0.5, 0.6) is 11.5 Å². The van der Waals surface area contributed by atoms with Gasteiger partial charge in [0.25, 0.3) is 5.91 Å². The van der Waals surface area contributed by atoms with E-state index in [-0.39, 0.29) is 5.75 Å². The summed E-state index contributed by atoms with van der Waals surface area (Å²) in [5.74, 6) is 0.226. The van der Waals surface area contributed by atoms with E-state index in [2.05, 4.69) is 10.5 Å². The van der Waals surface area contributed by atoms with Gasteiger partial charge in [0.15, 0.2) is 6.10 Å². The molecule has 0 saturated heterocycles. The first kappa shape index (κ1) is 15.9. The molecule has 0 aromatic heterocycles. The number of benzene rings is 2. The van der Waals surface area contributed by atoms with Crippen molar-refractivity contribution >= 4 is 23.7 Å². The third-order valence-electron chi connectivity index (χ3n) is 2.81. The topological polar surface area (TPSA) is 70.9 Å². The normalized spacial score (nSPS) is 12.1. The fourth-order valence-corrected chi connectivity index (χ4v) is 1.75. The lowest BCUT2D eigenvalue weighted by Crippen LogP contribution is -2.33. The molecule has 1 unspecified atom stereocenters. The van der Waals surface area contributed by atoms with Gasteiger partial charge in [0.05, 0.1) is 6.21 Å². The van der Waals surface area contributed by atoms with Crippen LogP contribution in [0.3, 0.4) is 0 Å². The molecule has 1 amide bonds. The molecule has 0 spiro atoms. The lowest BCUT2D eigenvalue weighted by Gasteiger charge is -2.12. The Morgan fingerprint density at radius 2 is 1.95 bits per heavy atom. The van der Waals surface area contributed by atoms with Crippen molar-refractivity contribution in [3.8, 4) is 11.5 Å². The van der Waals surface area contributed by atoms with Gasteiger partial charge in [-0.3, -0.25) is 4.79 Å². The van der Waals surface area contributed by atoms with Crippen LogP contribution in [0.15, 0.2) is 53.6 Å². The van der Waals surface area contributed by atoms with Gasteiger partial charge in [0.1, 0.15) is 11.5 Å². The summed E-state index contributed by atoms with van der Waals surface area (Å²) in [5.41, 5.74) is 2.87. The summed E-state index contributed by atoms with van der Waals surface area (Å²) in [7, 11) is 0. The minimum atomic E-state index is -0.720. The number of nitrogens with one attached hydrogen (secondary N) is 1. The summed E-state index contributed by atoms with van der Waals surface area (Å²) in [4.78, 5) is 11.9. The first-order chi connectivity index (χ1) is 10.6. The molecule has 6 heteroatoms. The average molecular weight is 319 g/mol. The Morgan fingerprint density at radius 3 is 2.64 bits per heavy atom. The van der Waals surface area contributed by atoms with E-state index in [1.807, 2.05) is 0 Å². The Morgan fingerprint density at radius 1 is 1.27 bits per heavy atom. The van der Waals surface area contributed by atoms with Crippen LogP contribution in [0.2, 0.25) is 5.02 Å². The maximum Gasteiger partial charge on any atom is 0.280 e. The summed E-state index contributed by atoms with van der Waals surface area (Å²) in [6, 6.07) is 13.4. The van der Waals surface area contributed by atoms with E-state index in [4.69, 9.17) is 16.3 Å². The smallest absolute Gasteiger partial charge is 0.280 e. The zero-order valence-corrected chi connectivity index (χ0v) is 12.6.